The van der Waals surface area contributed by atoms with Gasteiger partial charge in [0.05, 0.1) is 5.69 Å². The summed E-state index contributed by atoms with van der Waals surface area (Å²) in [6.45, 7) is 9.71. The first-order chi connectivity index (χ1) is 9.04. The molecule has 1 aromatic rings. The lowest BCUT2D eigenvalue weighted by Crippen LogP contribution is -2.35. The van der Waals surface area contributed by atoms with E-state index in [4.69, 9.17) is 0 Å². The quantitative estimate of drug-likeness (QED) is 0.921. The molecule has 0 amide bonds. The van der Waals surface area contributed by atoms with Gasteiger partial charge in [0.1, 0.15) is 0 Å². The van der Waals surface area contributed by atoms with Crippen LogP contribution >= 0.6 is 11.8 Å². The molecule has 1 fully saturated rings. The van der Waals surface area contributed by atoms with Crippen LogP contribution in [0.2, 0.25) is 0 Å². The number of nitrogens with one attached hydrogen (secondary N) is 1. The van der Waals surface area contributed by atoms with Crippen molar-refractivity contribution in [2.45, 2.75) is 39.3 Å². The summed E-state index contributed by atoms with van der Waals surface area (Å²) in [5, 5.41) is 3.50. The summed E-state index contributed by atoms with van der Waals surface area (Å²) in [6, 6.07) is 4.37. The van der Waals surface area contributed by atoms with Crippen LogP contribution in [0.1, 0.15) is 32.9 Å². The summed E-state index contributed by atoms with van der Waals surface area (Å²) in [6.07, 6.45) is 3.22. The van der Waals surface area contributed by atoms with E-state index in [1.54, 1.807) is 0 Å². The molecule has 0 unspecified atom stereocenters. The van der Waals surface area contributed by atoms with Gasteiger partial charge in [0, 0.05) is 42.8 Å². The normalized spacial score (nSPS) is 17.3. The Balaban J connectivity index is 2.01. The lowest BCUT2D eigenvalue weighted by Gasteiger charge is -2.24. The molecule has 3 nitrogen and oxygen atoms in total. The number of hydrogen-bond acceptors (Lipinski definition) is 4. The molecule has 0 atom stereocenters. The Hall–Kier alpha value is -0.740. The number of hydrogen-bond donors (Lipinski definition) is 1. The third-order valence-corrected chi connectivity index (χ3v) is 4.24. The molecular weight excluding hydrogens is 254 g/mol. The highest BCUT2D eigenvalue weighted by atomic mass is 32.2. The number of anilines is 1. The van der Waals surface area contributed by atoms with Crippen molar-refractivity contribution in [2.24, 2.45) is 0 Å². The van der Waals surface area contributed by atoms with Crippen LogP contribution in [-0.2, 0) is 6.54 Å². The molecule has 2 heterocycles. The zero-order valence-electron chi connectivity index (χ0n) is 12.3. The van der Waals surface area contributed by atoms with Crippen molar-refractivity contribution in [1.29, 1.82) is 0 Å². The molecule has 0 aliphatic carbocycles. The maximum absolute atomic E-state index is 4.47. The van der Waals surface area contributed by atoms with Gasteiger partial charge in [-0.15, -0.1) is 0 Å². The van der Waals surface area contributed by atoms with Crippen LogP contribution in [0.4, 0.5) is 5.69 Å². The van der Waals surface area contributed by atoms with Crippen LogP contribution in [-0.4, -0.2) is 35.1 Å². The molecule has 106 valence electrons. The molecule has 0 spiro atoms. The Labute approximate surface area is 121 Å². The van der Waals surface area contributed by atoms with Gasteiger partial charge in [0.15, 0.2) is 0 Å². The second-order valence-electron chi connectivity index (χ2n) is 6.06. The Morgan fingerprint density at radius 3 is 2.95 bits per heavy atom. The maximum atomic E-state index is 4.47. The molecule has 0 bridgehead atoms. The zero-order valence-corrected chi connectivity index (χ0v) is 13.1. The van der Waals surface area contributed by atoms with Gasteiger partial charge in [-0.05, 0) is 45.1 Å². The van der Waals surface area contributed by atoms with E-state index < -0.39 is 0 Å². The van der Waals surface area contributed by atoms with Crippen molar-refractivity contribution in [3.8, 4) is 0 Å². The Kier molecular flexibility index (Phi) is 5.11. The topological polar surface area (TPSA) is 28.2 Å². The van der Waals surface area contributed by atoms with E-state index in [9.17, 15) is 0 Å². The van der Waals surface area contributed by atoms with Crippen molar-refractivity contribution in [1.82, 2.24) is 10.3 Å². The molecule has 0 saturated carbocycles. The highest BCUT2D eigenvalue weighted by Gasteiger charge is 2.12. The molecule has 1 N–H and O–H groups in total. The van der Waals surface area contributed by atoms with E-state index in [-0.39, 0.29) is 5.54 Å². The van der Waals surface area contributed by atoms with Gasteiger partial charge < -0.3 is 10.2 Å². The van der Waals surface area contributed by atoms with Gasteiger partial charge in [0.2, 0.25) is 0 Å². The van der Waals surface area contributed by atoms with Crippen molar-refractivity contribution in [3.63, 3.8) is 0 Å². The highest BCUT2D eigenvalue weighted by Crippen LogP contribution is 2.19. The average Bonchev–Trinajstić information content (AvgIpc) is 2.65. The fourth-order valence-corrected chi connectivity index (χ4v) is 3.01. The number of pyridine rings is 1. The summed E-state index contributed by atoms with van der Waals surface area (Å²) in [5.41, 5.74) is 2.59. The van der Waals surface area contributed by atoms with Gasteiger partial charge in [-0.1, -0.05) is 0 Å². The van der Waals surface area contributed by atoms with Gasteiger partial charge >= 0.3 is 0 Å². The van der Waals surface area contributed by atoms with Crippen molar-refractivity contribution < 1.29 is 0 Å². The molecule has 1 aromatic heterocycles. The molecule has 1 saturated heterocycles. The van der Waals surface area contributed by atoms with Gasteiger partial charge in [0.25, 0.3) is 0 Å². The molecule has 0 radical (unpaired) electrons. The minimum Gasteiger partial charge on any atom is -0.371 e. The lowest BCUT2D eigenvalue weighted by atomic mass is 10.1. The Morgan fingerprint density at radius 1 is 1.32 bits per heavy atom. The van der Waals surface area contributed by atoms with Crippen molar-refractivity contribution in [3.05, 3.63) is 24.0 Å². The van der Waals surface area contributed by atoms with E-state index in [2.05, 4.69) is 59.9 Å². The standard InChI is InChI=1S/C15H25N3S/c1-15(2,3)17-12-13-11-14(5-6-16-13)18-7-4-9-19-10-8-18/h5-6,11,17H,4,7-10,12H2,1-3H3. The Morgan fingerprint density at radius 2 is 2.16 bits per heavy atom. The zero-order chi connectivity index (χ0) is 13.7. The lowest BCUT2D eigenvalue weighted by molar-refractivity contribution is 0.421. The Bertz CT molecular complexity index is 393. The molecule has 4 heteroatoms. The van der Waals surface area contributed by atoms with Gasteiger partial charge in [-0.25, -0.2) is 0 Å². The summed E-state index contributed by atoms with van der Waals surface area (Å²) in [7, 11) is 0. The molecule has 19 heavy (non-hydrogen) atoms. The predicted octanol–water partition coefficient (Wildman–Crippen LogP) is 2.91. The third kappa shape index (κ3) is 5.03. The largest absolute Gasteiger partial charge is 0.371 e. The monoisotopic (exact) mass is 279 g/mol. The first-order valence-electron chi connectivity index (χ1n) is 7.07. The van der Waals surface area contributed by atoms with E-state index >= 15 is 0 Å². The molecular formula is C15H25N3S. The number of rotatable bonds is 3. The van der Waals surface area contributed by atoms with Gasteiger partial charge in [-0.3, -0.25) is 4.98 Å². The maximum Gasteiger partial charge on any atom is 0.0562 e. The number of nitrogens with zero attached hydrogens (tertiary/aromatic N) is 2. The fraction of sp³-hybridized carbons (Fsp3) is 0.667. The summed E-state index contributed by atoms with van der Waals surface area (Å²) < 4.78 is 0. The van der Waals surface area contributed by atoms with Crippen LogP contribution in [0.3, 0.4) is 0 Å². The van der Waals surface area contributed by atoms with Crippen LogP contribution in [0.25, 0.3) is 0 Å². The summed E-state index contributed by atoms with van der Waals surface area (Å²) >= 11 is 2.06. The van der Waals surface area contributed by atoms with Crippen LogP contribution in [0.15, 0.2) is 18.3 Å². The summed E-state index contributed by atoms with van der Waals surface area (Å²) in [4.78, 5) is 6.95. The summed E-state index contributed by atoms with van der Waals surface area (Å²) in [5.74, 6) is 2.53. The molecule has 1 aliphatic heterocycles. The molecule has 0 aromatic carbocycles. The SMILES string of the molecule is CC(C)(C)NCc1cc(N2CCCSCC2)ccn1. The average molecular weight is 279 g/mol. The highest BCUT2D eigenvalue weighted by molar-refractivity contribution is 7.99. The second-order valence-corrected chi connectivity index (χ2v) is 7.29. The predicted molar refractivity (Wildman–Crippen MR) is 85.0 cm³/mol. The molecule has 2 rings (SSSR count). The van der Waals surface area contributed by atoms with E-state index in [0.717, 1.165) is 18.8 Å². The minimum atomic E-state index is 0.136. The van der Waals surface area contributed by atoms with Gasteiger partial charge in [-0.2, -0.15) is 11.8 Å². The van der Waals surface area contributed by atoms with E-state index in [1.807, 2.05) is 6.20 Å². The van der Waals surface area contributed by atoms with Crippen molar-refractivity contribution in [2.75, 3.05) is 29.5 Å². The fourth-order valence-electron chi connectivity index (χ4n) is 2.12. The van der Waals surface area contributed by atoms with Crippen LogP contribution in [0.5, 0.6) is 0 Å². The van der Waals surface area contributed by atoms with E-state index in [1.165, 1.54) is 30.2 Å². The first kappa shape index (κ1) is 14.7. The van der Waals surface area contributed by atoms with Crippen LogP contribution in [0, 0.1) is 0 Å². The smallest absolute Gasteiger partial charge is 0.0562 e. The number of thioether (sulfide) groups is 1. The third-order valence-electron chi connectivity index (χ3n) is 3.19. The second kappa shape index (κ2) is 6.62. The minimum absolute atomic E-state index is 0.136. The van der Waals surface area contributed by atoms with E-state index in [0.29, 0.717) is 0 Å². The van der Waals surface area contributed by atoms with Crippen molar-refractivity contribution >= 4 is 17.4 Å². The number of aromatic nitrogens is 1. The van der Waals surface area contributed by atoms with Crippen LogP contribution < -0.4 is 10.2 Å². The molecule has 1 aliphatic rings. The first-order valence-corrected chi connectivity index (χ1v) is 8.23.